The molecule has 0 saturated carbocycles. The van der Waals surface area contributed by atoms with Crippen molar-refractivity contribution >= 4 is 17.8 Å². The molecule has 1 fully saturated rings. The zero-order chi connectivity index (χ0) is 20.5. The maximum atomic E-state index is 12.9. The number of rotatable bonds is 6. The number of carbonyl (C=O) groups is 3. The van der Waals surface area contributed by atoms with Crippen LogP contribution < -0.4 is 10.6 Å². The molecule has 7 heteroatoms. The molecule has 1 aliphatic heterocycles. The number of nitrogens with one attached hydrogen (secondary N) is 2. The van der Waals surface area contributed by atoms with Gasteiger partial charge in [0.15, 0.2) is 5.54 Å². The van der Waals surface area contributed by atoms with E-state index < -0.39 is 23.4 Å². The van der Waals surface area contributed by atoms with E-state index in [2.05, 4.69) is 10.6 Å². The number of aryl methyl sites for hydroxylation is 1. The first-order valence-electron chi connectivity index (χ1n) is 9.27. The zero-order valence-electron chi connectivity index (χ0n) is 16.5. The van der Waals surface area contributed by atoms with Gasteiger partial charge in [0, 0.05) is 0 Å². The number of furan rings is 1. The van der Waals surface area contributed by atoms with Gasteiger partial charge in [-0.05, 0) is 37.5 Å². The molecule has 0 spiro atoms. The van der Waals surface area contributed by atoms with E-state index in [1.165, 1.54) is 0 Å². The van der Waals surface area contributed by atoms with E-state index >= 15 is 0 Å². The Morgan fingerprint density at radius 3 is 2.43 bits per heavy atom. The van der Waals surface area contributed by atoms with Crippen molar-refractivity contribution in [1.82, 2.24) is 15.5 Å². The summed E-state index contributed by atoms with van der Waals surface area (Å²) in [6.45, 7) is 6.99. The first kappa shape index (κ1) is 19.7. The van der Waals surface area contributed by atoms with Gasteiger partial charge in [-0.25, -0.2) is 4.79 Å². The van der Waals surface area contributed by atoms with Crippen molar-refractivity contribution in [3.05, 3.63) is 59.5 Å². The third-order valence-corrected chi connectivity index (χ3v) is 4.95. The Balaban J connectivity index is 1.73. The maximum Gasteiger partial charge on any atom is 0.325 e. The molecule has 0 bridgehead atoms. The van der Waals surface area contributed by atoms with Crippen LogP contribution in [0.3, 0.4) is 0 Å². The number of amides is 4. The number of nitrogens with zero attached hydrogens (tertiary/aromatic N) is 1. The predicted octanol–water partition coefficient (Wildman–Crippen LogP) is 2.87. The van der Waals surface area contributed by atoms with Crippen LogP contribution in [0.1, 0.15) is 43.9 Å². The van der Waals surface area contributed by atoms with Crippen molar-refractivity contribution in [3.8, 4) is 0 Å². The average molecular weight is 383 g/mol. The number of benzene rings is 1. The van der Waals surface area contributed by atoms with E-state index in [1.54, 1.807) is 26.0 Å². The fourth-order valence-corrected chi connectivity index (χ4v) is 3.37. The van der Waals surface area contributed by atoms with E-state index in [-0.39, 0.29) is 18.5 Å². The van der Waals surface area contributed by atoms with Gasteiger partial charge in [0.2, 0.25) is 5.91 Å². The zero-order valence-corrected chi connectivity index (χ0v) is 16.5. The summed E-state index contributed by atoms with van der Waals surface area (Å²) in [6.07, 6.45) is 0. The molecule has 2 aromatic rings. The van der Waals surface area contributed by atoms with Gasteiger partial charge in [0.05, 0.1) is 6.04 Å². The van der Waals surface area contributed by atoms with Crippen molar-refractivity contribution in [1.29, 1.82) is 0 Å². The second-order valence-corrected chi connectivity index (χ2v) is 7.56. The minimum absolute atomic E-state index is 0.144. The fraction of sp³-hybridized carbons (Fsp3) is 0.381. The van der Waals surface area contributed by atoms with Crippen molar-refractivity contribution in [3.63, 3.8) is 0 Å². The second-order valence-electron chi connectivity index (χ2n) is 7.56. The third-order valence-electron chi connectivity index (χ3n) is 4.95. The monoisotopic (exact) mass is 383 g/mol. The van der Waals surface area contributed by atoms with Gasteiger partial charge >= 0.3 is 6.03 Å². The summed E-state index contributed by atoms with van der Waals surface area (Å²) in [5.41, 5.74) is -0.346. The molecular formula is C21H25N3O4. The lowest BCUT2D eigenvalue weighted by Crippen LogP contribution is -2.44. The topological polar surface area (TPSA) is 91.7 Å². The highest BCUT2D eigenvalue weighted by Gasteiger charge is 2.51. The maximum absolute atomic E-state index is 12.9. The number of hydrogen-bond donors (Lipinski definition) is 2. The van der Waals surface area contributed by atoms with Gasteiger partial charge in [0.1, 0.15) is 18.1 Å². The highest BCUT2D eigenvalue weighted by Crippen LogP contribution is 2.30. The molecular weight excluding hydrogens is 358 g/mol. The quantitative estimate of drug-likeness (QED) is 0.751. The standard InChI is InChI=1S/C21H25N3O4/c1-13(2)18(15-8-6-5-7-9-15)22-17(25)12-24-19(26)21(4,23-20(24)27)16-11-10-14(3)28-16/h5-11,13,18H,12H2,1-4H3,(H,22,25)(H,23,27). The van der Waals surface area contributed by atoms with Gasteiger partial charge < -0.3 is 15.1 Å². The predicted molar refractivity (Wildman–Crippen MR) is 103 cm³/mol. The molecule has 1 aromatic carbocycles. The number of hydrogen-bond acceptors (Lipinski definition) is 4. The van der Waals surface area contributed by atoms with Gasteiger partial charge in [-0.15, -0.1) is 0 Å². The van der Waals surface area contributed by atoms with Gasteiger partial charge in [0.25, 0.3) is 5.91 Å². The van der Waals surface area contributed by atoms with Crippen molar-refractivity contribution < 1.29 is 18.8 Å². The van der Waals surface area contributed by atoms with Crippen LogP contribution in [-0.2, 0) is 15.1 Å². The third kappa shape index (κ3) is 3.65. The largest absolute Gasteiger partial charge is 0.463 e. The Morgan fingerprint density at radius 1 is 1.18 bits per heavy atom. The molecule has 2 N–H and O–H groups in total. The van der Waals surface area contributed by atoms with Crippen LogP contribution in [0.5, 0.6) is 0 Å². The normalized spacial score (nSPS) is 20.4. The van der Waals surface area contributed by atoms with Gasteiger partial charge in [-0.3, -0.25) is 14.5 Å². The lowest BCUT2D eigenvalue weighted by molar-refractivity contribution is -0.135. The van der Waals surface area contributed by atoms with Crippen molar-refractivity contribution in [2.45, 2.75) is 39.3 Å². The Hall–Kier alpha value is -3.09. The summed E-state index contributed by atoms with van der Waals surface area (Å²) >= 11 is 0. The Labute approximate surface area is 164 Å². The molecule has 28 heavy (non-hydrogen) atoms. The van der Waals surface area contributed by atoms with Crippen LogP contribution in [0.4, 0.5) is 4.79 Å². The second kappa shape index (κ2) is 7.50. The molecule has 7 nitrogen and oxygen atoms in total. The molecule has 3 rings (SSSR count). The van der Waals surface area contributed by atoms with Gasteiger partial charge in [-0.2, -0.15) is 0 Å². The lowest BCUT2D eigenvalue weighted by atomic mass is 9.96. The van der Waals surface area contributed by atoms with Crippen LogP contribution >= 0.6 is 0 Å². The van der Waals surface area contributed by atoms with E-state index in [9.17, 15) is 14.4 Å². The molecule has 4 amide bonds. The van der Waals surface area contributed by atoms with Crippen molar-refractivity contribution in [2.75, 3.05) is 6.54 Å². The summed E-state index contributed by atoms with van der Waals surface area (Å²) in [4.78, 5) is 38.8. The molecule has 1 saturated heterocycles. The van der Waals surface area contributed by atoms with Crippen LogP contribution in [0, 0.1) is 12.8 Å². The number of urea groups is 1. The Morgan fingerprint density at radius 2 is 1.86 bits per heavy atom. The molecule has 0 aliphatic carbocycles. The smallest absolute Gasteiger partial charge is 0.325 e. The van der Waals surface area contributed by atoms with E-state index in [0.717, 1.165) is 10.5 Å². The minimum Gasteiger partial charge on any atom is -0.463 e. The van der Waals surface area contributed by atoms with Gasteiger partial charge in [-0.1, -0.05) is 44.2 Å². The molecule has 0 radical (unpaired) electrons. The first-order valence-corrected chi connectivity index (χ1v) is 9.27. The van der Waals surface area contributed by atoms with Crippen LogP contribution in [-0.4, -0.2) is 29.3 Å². The Bertz CT molecular complexity index is 890. The summed E-state index contributed by atoms with van der Waals surface area (Å²) in [5.74, 6) is 0.215. The average Bonchev–Trinajstić information content (AvgIpc) is 3.18. The minimum atomic E-state index is -1.32. The molecule has 1 aromatic heterocycles. The molecule has 2 atom stereocenters. The fourth-order valence-electron chi connectivity index (χ4n) is 3.37. The highest BCUT2D eigenvalue weighted by molar-refractivity contribution is 6.08. The summed E-state index contributed by atoms with van der Waals surface area (Å²) in [5, 5.41) is 5.57. The van der Waals surface area contributed by atoms with Crippen LogP contribution in [0.2, 0.25) is 0 Å². The van der Waals surface area contributed by atoms with Crippen LogP contribution in [0.25, 0.3) is 0 Å². The highest BCUT2D eigenvalue weighted by atomic mass is 16.3. The van der Waals surface area contributed by atoms with E-state index in [1.807, 2.05) is 44.2 Å². The number of carbonyl (C=O) groups excluding carboxylic acids is 3. The SMILES string of the molecule is Cc1ccc(C2(C)NC(=O)N(CC(=O)NC(c3ccccc3)C(C)C)C2=O)o1. The van der Waals surface area contributed by atoms with Crippen molar-refractivity contribution in [2.24, 2.45) is 5.92 Å². The lowest BCUT2D eigenvalue weighted by Gasteiger charge is -2.24. The number of imide groups is 1. The van der Waals surface area contributed by atoms with Crippen LogP contribution in [0.15, 0.2) is 46.9 Å². The molecule has 1 aliphatic rings. The Kier molecular flexibility index (Phi) is 5.27. The van der Waals surface area contributed by atoms with E-state index in [0.29, 0.717) is 11.5 Å². The molecule has 148 valence electrons. The molecule has 2 unspecified atom stereocenters. The van der Waals surface area contributed by atoms with E-state index in [4.69, 9.17) is 4.42 Å². The molecule has 2 heterocycles. The summed E-state index contributed by atoms with van der Waals surface area (Å²) in [7, 11) is 0. The summed E-state index contributed by atoms with van der Waals surface area (Å²) in [6, 6.07) is 12.2. The summed E-state index contributed by atoms with van der Waals surface area (Å²) < 4.78 is 5.53. The first-order chi connectivity index (χ1) is 13.2.